The molecule has 1 unspecified atom stereocenters. The summed E-state index contributed by atoms with van der Waals surface area (Å²) in [7, 11) is 1.55. The summed E-state index contributed by atoms with van der Waals surface area (Å²) < 4.78 is 16.5. The minimum atomic E-state index is -0.877. The van der Waals surface area contributed by atoms with Gasteiger partial charge in [-0.05, 0) is 6.92 Å². The fourth-order valence-corrected chi connectivity index (χ4v) is 2.13. The highest BCUT2D eigenvalue weighted by Gasteiger charge is 2.35. The first-order valence-electron chi connectivity index (χ1n) is 6.36. The van der Waals surface area contributed by atoms with E-state index >= 15 is 0 Å². The van der Waals surface area contributed by atoms with Gasteiger partial charge in [-0.2, -0.15) is 0 Å². The molecule has 0 radical (unpaired) electrons. The van der Waals surface area contributed by atoms with Gasteiger partial charge in [-0.15, -0.1) is 0 Å². The van der Waals surface area contributed by atoms with Gasteiger partial charge in [0.2, 0.25) is 0 Å². The van der Waals surface area contributed by atoms with Gasteiger partial charge in [0.25, 0.3) is 0 Å². The molecule has 106 valence electrons. The zero-order valence-corrected chi connectivity index (χ0v) is 11.1. The summed E-state index contributed by atoms with van der Waals surface area (Å²) in [5.74, 6) is 0. The van der Waals surface area contributed by atoms with Crippen LogP contribution in [-0.2, 0) is 14.2 Å². The van der Waals surface area contributed by atoms with E-state index in [1.807, 2.05) is 30.3 Å². The Morgan fingerprint density at radius 2 is 1.95 bits per heavy atom. The van der Waals surface area contributed by atoms with Gasteiger partial charge in [-0.1, -0.05) is 30.3 Å². The standard InChI is InChI=1S/C14H20O5/c1-9-13(16)11(15)8-12(18-9)19-14(17-2)10-6-4-3-5-7-10/h3-7,9,11-16H,8H2,1-2H3/t9-,11+,12-,13-,14?/m0/s1. The van der Waals surface area contributed by atoms with Crippen molar-refractivity contribution in [3.05, 3.63) is 35.9 Å². The van der Waals surface area contributed by atoms with Crippen molar-refractivity contribution >= 4 is 0 Å². The zero-order chi connectivity index (χ0) is 13.8. The predicted octanol–water partition coefficient (Wildman–Crippen LogP) is 1.20. The minimum absolute atomic E-state index is 0.220. The van der Waals surface area contributed by atoms with Crippen LogP contribution in [0.4, 0.5) is 0 Å². The van der Waals surface area contributed by atoms with Crippen LogP contribution >= 0.6 is 0 Å². The average Bonchev–Trinajstić information content (AvgIpc) is 2.43. The van der Waals surface area contributed by atoms with E-state index < -0.39 is 30.9 Å². The molecule has 2 N–H and O–H groups in total. The third kappa shape index (κ3) is 3.52. The van der Waals surface area contributed by atoms with Crippen molar-refractivity contribution in [1.82, 2.24) is 0 Å². The molecule has 1 aliphatic rings. The van der Waals surface area contributed by atoms with E-state index in [0.29, 0.717) is 0 Å². The second kappa shape index (κ2) is 6.45. The molecule has 1 saturated heterocycles. The van der Waals surface area contributed by atoms with Gasteiger partial charge >= 0.3 is 0 Å². The number of benzene rings is 1. The van der Waals surface area contributed by atoms with Gasteiger partial charge in [-0.3, -0.25) is 0 Å². The molecular formula is C14H20O5. The lowest BCUT2D eigenvalue weighted by Crippen LogP contribution is -2.47. The Bertz CT molecular complexity index is 371. The highest BCUT2D eigenvalue weighted by atomic mass is 16.8. The lowest BCUT2D eigenvalue weighted by Gasteiger charge is -2.36. The molecule has 1 heterocycles. The molecule has 1 aromatic carbocycles. The summed E-state index contributed by atoms with van der Waals surface area (Å²) in [6, 6.07) is 9.49. The molecule has 5 nitrogen and oxygen atoms in total. The molecule has 1 aromatic rings. The van der Waals surface area contributed by atoms with Gasteiger partial charge in [0.05, 0.1) is 12.2 Å². The second-order valence-corrected chi connectivity index (χ2v) is 4.68. The van der Waals surface area contributed by atoms with Crippen molar-refractivity contribution in [1.29, 1.82) is 0 Å². The van der Waals surface area contributed by atoms with Crippen molar-refractivity contribution in [2.45, 2.75) is 44.2 Å². The maximum atomic E-state index is 9.72. The van der Waals surface area contributed by atoms with E-state index in [9.17, 15) is 10.2 Å². The molecule has 0 amide bonds. The van der Waals surface area contributed by atoms with Crippen molar-refractivity contribution in [2.24, 2.45) is 0 Å². The summed E-state index contributed by atoms with van der Waals surface area (Å²) in [5.41, 5.74) is 0.877. The van der Waals surface area contributed by atoms with Gasteiger partial charge in [0.1, 0.15) is 6.10 Å². The van der Waals surface area contributed by atoms with Gasteiger partial charge in [0, 0.05) is 19.1 Å². The predicted molar refractivity (Wildman–Crippen MR) is 68.2 cm³/mol. The van der Waals surface area contributed by atoms with E-state index in [-0.39, 0.29) is 6.42 Å². The van der Waals surface area contributed by atoms with Crippen LogP contribution in [0.25, 0.3) is 0 Å². The molecule has 0 bridgehead atoms. The van der Waals surface area contributed by atoms with Crippen LogP contribution in [0.2, 0.25) is 0 Å². The third-order valence-electron chi connectivity index (χ3n) is 3.24. The summed E-state index contributed by atoms with van der Waals surface area (Å²) >= 11 is 0. The maximum absolute atomic E-state index is 9.72. The van der Waals surface area contributed by atoms with E-state index in [1.165, 1.54) is 0 Å². The first-order valence-corrected chi connectivity index (χ1v) is 6.36. The van der Waals surface area contributed by atoms with Crippen LogP contribution in [0.1, 0.15) is 25.2 Å². The van der Waals surface area contributed by atoms with Crippen LogP contribution in [0.15, 0.2) is 30.3 Å². The summed E-state index contributed by atoms with van der Waals surface area (Å²) in [6.07, 6.45) is -3.13. The lowest BCUT2D eigenvalue weighted by atomic mass is 10.0. The molecule has 2 rings (SSSR count). The van der Waals surface area contributed by atoms with Gasteiger partial charge in [0.15, 0.2) is 12.6 Å². The largest absolute Gasteiger partial charge is 0.390 e. The Labute approximate surface area is 112 Å². The third-order valence-corrected chi connectivity index (χ3v) is 3.24. The smallest absolute Gasteiger partial charge is 0.186 e. The van der Waals surface area contributed by atoms with E-state index in [1.54, 1.807) is 14.0 Å². The number of hydrogen-bond acceptors (Lipinski definition) is 5. The van der Waals surface area contributed by atoms with Crippen LogP contribution in [-0.4, -0.2) is 41.9 Å². The molecule has 0 saturated carbocycles. The molecule has 1 aliphatic heterocycles. The van der Waals surface area contributed by atoms with Crippen molar-refractivity contribution in [2.75, 3.05) is 7.11 Å². The van der Waals surface area contributed by atoms with E-state index in [0.717, 1.165) is 5.56 Å². The van der Waals surface area contributed by atoms with Gasteiger partial charge < -0.3 is 24.4 Å². The Kier molecular flexibility index (Phi) is 4.90. The van der Waals surface area contributed by atoms with Crippen LogP contribution in [0.5, 0.6) is 0 Å². The fourth-order valence-electron chi connectivity index (χ4n) is 2.13. The minimum Gasteiger partial charge on any atom is -0.390 e. The summed E-state index contributed by atoms with van der Waals surface area (Å²) in [6.45, 7) is 1.70. The molecule has 5 heteroatoms. The average molecular weight is 268 g/mol. The quantitative estimate of drug-likeness (QED) is 0.803. The topological polar surface area (TPSA) is 68.2 Å². The monoisotopic (exact) mass is 268 g/mol. The number of aliphatic hydroxyl groups is 2. The molecule has 19 heavy (non-hydrogen) atoms. The zero-order valence-electron chi connectivity index (χ0n) is 11.1. The van der Waals surface area contributed by atoms with Crippen LogP contribution < -0.4 is 0 Å². The fraction of sp³-hybridized carbons (Fsp3) is 0.571. The van der Waals surface area contributed by atoms with Crippen LogP contribution in [0.3, 0.4) is 0 Å². The van der Waals surface area contributed by atoms with E-state index in [2.05, 4.69) is 0 Å². The number of ether oxygens (including phenoxy) is 3. The van der Waals surface area contributed by atoms with Gasteiger partial charge in [-0.25, -0.2) is 0 Å². The van der Waals surface area contributed by atoms with Crippen molar-refractivity contribution < 1.29 is 24.4 Å². The molecular weight excluding hydrogens is 248 g/mol. The van der Waals surface area contributed by atoms with Crippen LogP contribution in [0, 0.1) is 0 Å². The maximum Gasteiger partial charge on any atom is 0.186 e. The Morgan fingerprint density at radius 1 is 1.26 bits per heavy atom. The Balaban J connectivity index is 1.99. The molecule has 0 aliphatic carbocycles. The number of methoxy groups -OCH3 is 1. The first-order chi connectivity index (χ1) is 9.11. The highest BCUT2D eigenvalue weighted by molar-refractivity contribution is 5.15. The molecule has 1 fully saturated rings. The Morgan fingerprint density at radius 3 is 2.53 bits per heavy atom. The number of hydrogen-bond donors (Lipinski definition) is 2. The van der Waals surface area contributed by atoms with Crippen molar-refractivity contribution in [3.63, 3.8) is 0 Å². The van der Waals surface area contributed by atoms with E-state index in [4.69, 9.17) is 14.2 Å². The normalized spacial score (nSPS) is 33.1. The highest BCUT2D eigenvalue weighted by Crippen LogP contribution is 2.27. The Hall–Kier alpha value is -0.980. The summed E-state index contributed by atoms with van der Waals surface area (Å²) in [4.78, 5) is 0. The van der Waals surface area contributed by atoms with Crippen molar-refractivity contribution in [3.8, 4) is 0 Å². The molecule has 0 aromatic heterocycles. The SMILES string of the molecule is COC(O[C@H]1C[C@@H](O)[C@@H](O)[C@H](C)O1)c1ccccc1. The molecule has 0 spiro atoms. The number of aliphatic hydroxyl groups excluding tert-OH is 2. The summed E-state index contributed by atoms with van der Waals surface area (Å²) in [5, 5.41) is 19.3. The first kappa shape index (κ1) is 14.4. The number of rotatable bonds is 4. The lowest BCUT2D eigenvalue weighted by molar-refractivity contribution is -0.295. The second-order valence-electron chi connectivity index (χ2n) is 4.68. The molecule has 5 atom stereocenters.